The van der Waals surface area contributed by atoms with Crippen LogP contribution < -0.4 is 0 Å². The Morgan fingerprint density at radius 1 is 1.50 bits per heavy atom. The van der Waals surface area contributed by atoms with Crippen molar-refractivity contribution < 1.29 is 8.42 Å². The van der Waals surface area contributed by atoms with Crippen LogP contribution in [0.4, 0.5) is 0 Å². The van der Waals surface area contributed by atoms with Crippen molar-refractivity contribution in [2.24, 2.45) is 0 Å². The summed E-state index contributed by atoms with van der Waals surface area (Å²) in [6.45, 7) is 1.93. The SMILES string of the molecule is CCc1ccc2nc(Br)c(S(=O)(=O)Cl)n2n1. The Morgan fingerprint density at radius 2 is 2.19 bits per heavy atom. The number of hydrogen-bond acceptors (Lipinski definition) is 4. The van der Waals surface area contributed by atoms with Crippen molar-refractivity contribution in [3.63, 3.8) is 0 Å². The van der Waals surface area contributed by atoms with Crippen molar-refractivity contribution in [1.82, 2.24) is 14.6 Å². The molecule has 2 heterocycles. The predicted octanol–water partition coefficient (Wildman–Crippen LogP) is 1.98. The molecule has 0 aromatic carbocycles. The van der Waals surface area contributed by atoms with E-state index in [9.17, 15) is 8.42 Å². The lowest BCUT2D eigenvalue weighted by Gasteiger charge is -1.99. The highest BCUT2D eigenvalue weighted by Crippen LogP contribution is 2.25. The van der Waals surface area contributed by atoms with Crippen LogP contribution in [0.2, 0.25) is 0 Å². The molecule has 0 radical (unpaired) electrons. The zero-order valence-corrected chi connectivity index (χ0v) is 11.3. The minimum Gasteiger partial charge on any atom is -0.219 e. The minimum absolute atomic E-state index is 0.139. The lowest BCUT2D eigenvalue weighted by Crippen LogP contribution is -2.03. The Hall–Kier alpha value is -0.660. The van der Waals surface area contributed by atoms with Crippen LogP contribution in [0.15, 0.2) is 21.8 Å². The van der Waals surface area contributed by atoms with Gasteiger partial charge in [-0.05, 0) is 34.5 Å². The molecular weight excluding hydrogens is 318 g/mol. The topological polar surface area (TPSA) is 64.3 Å². The Balaban J connectivity index is 2.87. The van der Waals surface area contributed by atoms with E-state index in [2.05, 4.69) is 26.0 Å². The van der Waals surface area contributed by atoms with Gasteiger partial charge < -0.3 is 0 Å². The fourth-order valence-corrected chi connectivity index (χ4v) is 3.59. The first kappa shape index (κ1) is 11.8. The summed E-state index contributed by atoms with van der Waals surface area (Å²) in [6.07, 6.45) is 0.702. The first-order valence-corrected chi connectivity index (χ1v) is 7.52. The molecule has 0 amide bonds. The molecule has 0 saturated heterocycles. The molecule has 0 saturated carbocycles. The van der Waals surface area contributed by atoms with Gasteiger partial charge in [0.15, 0.2) is 5.65 Å². The number of aryl methyl sites for hydroxylation is 1. The monoisotopic (exact) mass is 323 g/mol. The van der Waals surface area contributed by atoms with Crippen molar-refractivity contribution in [2.45, 2.75) is 18.4 Å². The highest BCUT2D eigenvalue weighted by Gasteiger charge is 2.22. The van der Waals surface area contributed by atoms with E-state index in [0.717, 1.165) is 5.69 Å². The highest BCUT2D eigenvalue weighted by atomic mass is 79.9. The van der Waals surface area contributed by atoms with Gasteiger partial charge in [-0.3, -0.25) is 0 Å². The molecule has 8 heteroatoms. The number of aromatic nitrogens is 3. The smallest absolute Gasteiger partial charge is 0.219 e. The molecule has 2 aromatic heterocycles. The predicted molar refractivity (Wildman–Crippen MR) is 63.1 cm³/mol. The van der Waals surface area contributed by atoms with Crippen molar-refractivity contribution in [2.75, 3.05) is 0 Å². The fraction of sp³-hybridized carbons (Fsp3) is 0.250. The third-order valence-electron chi connectivity index (χ3n) is 2.04. The van der Waals surface area contributed by atoms with Crippen LogP contribution in [0.3, 0.4) is 0 Å². The molecule has 5 nitrogen and oxygen atoms in total. The van der Waals surface area contributed by atoms with Crippen molar-refractivity contribution in [1.29, 1.82) is 0 Å². The maximum absolute atomic E-state index is 11.4. The van der Waals surface area contributed by atoms with E-state index in [4.69, 9.17) is 10.7 Å². The Kier molecular flexibility index (Phi) is 2.93. The highest BCUT2D eigenvalue weighted by molar-refractivity contribution is 9.10. The van der Waals surface area contributed by atoms with E-state index in [1.807, 2.05) is 6.92 Å². The normalized spacial score (nSPS) is 12.2. The maximum atomic E-state index is 11.4. The quantitative estimate of drug-likeness (QED) is 0.792. The minimum atomic E-state index is -3.88. The second-order valence-electron chi connectivity index (χ2n) is 3.09. The molecule has 0 unspecified atom stereocenters. The first-order valence-electron chi connectivity index (χ1n) is 4.42. The van der Waals surface area contributed by atoms with E-state index in [0.29, 0.717) is 12.1 Å². The van der Waals surface area contributed by atoms with Gasteiger partial charge in [0.2, 0.25) is 5.03 Å². The van der Waals surface area contributed by atoms with E-state index in [1.165, 1.54) is 4.52 Å². The van der Waals surface area contributed by atoms with E-state index in [-0.39, 0.29) is 9.63 Å². The largest absolute Gasteiger partial charge is 0.281 e. The first-order chi connectivity index (χ1) is 7.43. The molecule has 0 atom stereocenters. The van der Waals surface area contributed by atoms with Gasteiger partial charge in [0.25, 0.3) is 9.05 Å². The zero-order chi connectivity index (χ0) is 11.9. The molecule has 0 aliphatic rings. The average Bonchev–Trinajstić information content (AvgIpc) is 2.51. The van der Waals surface area contributed by atoms with Gasteiger partial charge in [0, 0.05) is 10.7 Å². The van der Waals surface area contributed by atoms with Crippen molar-refractivity contribution >= 4 is 41.3 Å². The molecule has 0 aliphatic heterocycles. The van der Waals surface area contributed by atoms with Crippen LogP contribution in [0.1, 0.15) is 12.6 Å². The average molecular weight is 325 g/mol. The Morgan fingerprint density at radius 3 is 2.75 bits per heavy atom. The summed E-state index contributed by atoms with van der Waals surface area (Å²) in [5.41, 5.74) is 1.20. The molecule has 86 valence electrons. The summed E-state index contributed by atoms with van der Waals surface area (Å²) in [7, 11) is 1.44. The summed E-state index contributed by atoms with van der Waals surface area (Å²) >= 11 is 3.06. The summed E-state index contributed by atoms with van der Waals surface area (Å²) in [4.78, 5) is 4.01. The second-order valence-corrected chi connectivity index (χ2v) is 6.33. The maximum Gasteiger partial charge on any atom is 0.281 e. The third-order valence-corrected chi connectivity index (χ3v) is 4.13. The lowest BCUT2D eigenvalue weighted by molar-refractivity contribution is 0.600. The molecular formula is C8H7BrClN3O2S. The molecule has 2 rings (SSSR count). The summed E-state index contributed by atoms with van der Waals surface area (Å²) in [6, 6.07) is 3.49. The number of rotatable bonds is 2. The number of halogens is 2. The van der Waals surface area contributed by atoms with Crippen LogP contribution in [0.25, 0.3) is 5.65 Å². The van der Waals surface area contributed by atoms with Crippen LogP contribution >= 0.6 is 26.6 Å². The molecule has 2 aromatic rings. The lowest BCUT2D eigenvalue weighted by atomic mass is 10.3. The molecule has 16 heavy (non-hydrogen) atoms. The summed E-state index contributed by atoms with van der Waals surface area (Å²) in [5.74, 6) is 0. The van der Waals surface area contributed by atoms with Gasteiger partial charge in [-0.2, -0.15) is 9.61 Å². The molecule has 0 N–H and O–H groups in total. The molecule has 0 fully saturated rings. The fourth-order valence-electron chi connectivity index (χ4n) is 1.32. The van der Waals surface area contributed by atoms with Crippen LogP contribution in [0.5, 0.6) is 0 Å². The summed E-state index contributed by atoms with van der Waals surface area (Å²) in [5, 5.41) is 4.00. The standard InChI is InChI=1S/C8H7BrClN3O2S/c1-2-5-3-4-6-11-7(9)8(13(6)12-5)16(10,14)15/h3-4H,2H2,1H3. The van der Waals surface area contributed by atoms with Crippen molar-refractivity contribution in [3.8, 4) is 0 Å². The molecule has 0 spiro atoms. The van der Waals surface area contributed by atoms with Gasteiger partial charge >= 0.3 is 0 Å². The number of nitrogens with zero attached hydrogens (tertiary/aromatic N) is 3. The van der Waals surface area contributed by atoms with E-state index < -0.39 is 9.05 Å². The molecule has 0 aliphatic carbocycles. The second kappa shape index (κ2) is 3.97. The van der Waals surface area contributed by atoms with Gasteiger partial charge in [0.05, 0.1) is 5.69 Å². The number of imidazole rings is 1. The number of fused-ring (bicyclic) bond motifs is 1. The van der Waals surface area contributed by atoms with Crippen LogP contribution in [0, 0.1) is 0 Å². The Bertz CT molecular complexity index is 653. The van der Waals surface area contributed by atoms with E-state index in [1.54, 1.807) is 12.1 Å². The third kappa shape index (κ3) is 1.94. The van der Waals surface area contributed by atoms with E-state index >= 15 is 0 Å². The van der Waals surface area contributed by atoms with Crippen molar-refractivity contribution in [3.05, 3.63) is 22.4 Å². The molecule has 0 bridgehead atoms. The van der Waals surface area contributed by atoms with Crippen LogP contribution in [-0.4, -0.2) is 23.0 Å². The van der Waals surface area contributed by atoms with Crippen LogP contribution in [-0.2, 0) is 15.5 Å². The Labute approximate surface area is 105 Å². The van der Waals surface area contributed by atoms with Gasteiger partial charge in [-0.15, -0.1) is 0 Å². The van der Waals surface area contributed by atoms with Gasteiger partial charge in [-0.25, -0.2) is 13.4 Å². The summed E-state index contributed by atoms with van der Waals surface area (Å²) < 4.78 is 24.1. The zero-order valence-electron chi connectivity index (χ0n) is 8.18. The number of hydrogen-bond donors (Lipinski definition) is 0. The van der Waals surface area contributed by atoms with Gasteiger partial charge in [-0.1, -0.05) is 6.92 Å². The van der Waals surface area contributed by atoms with Gasteiger partial charge in [0.1, 0.15) is 4.60 Å².